The zero-order valence-electron chi connectivity index (χ0n) is 18.7. The Labute approximate surface area is 222 Å². The van der Waals surface area contributed by atoms with E-state index in [0.29, 0.717) is 17.9 Å². The van der Waals surface area contributed by atoms with Gasteiger partial charge < -0.3 is 4.74 Å². The van der Waals surface area contributed by atoms with Crippen LogP contribution in [-0.4, -0.2) is 16.9 Å². The van der Waals surface area contributed by atoms with Gasteiger partial charge in [0.15, 0.2) is 5.11 Å². The second kappa shape index (κ2) is 10.1. The Bertz CT molecular complexity index is 1560. The molecule has 0 aliphatic carbocycles. The Kier molecular flexibility index (Phi) is 6.74. The van der Waals surface area contributed by atoms with Gasteiger partial charge in [-0.2, -0.15) is 0 Å². The van der Waals surface area contributed by atoms with Crippen molar-refractivity contribution in [2.45, 2.75) is 6.61 Å². The van der Waals surface area contributed by atoms with E-state index in [1.807, 2.05) is 48.5 Å². The van der Waals surface area contributed by atoms with Gasteiger partial charge in [0.2, 0.25) is 0 Å². The monoisotopic (exact) mass is 532 g/mol. The zero-order valence-corrected chi connectivity index (χ0v) is 21.0. The van der Waals surface area contributed by atoms with Crippen molar-refractivity contribution in [1.82, 2.24) is 5.32 Å². The maximum atomic E-state index is 13.4. The van der Waals surface area contributed by atoms with Crippen molar-refractivity contribution in [3.63, 3.8) is 0 Å². The van der Waals surface area contributed by atoms with Crippen LogP contribution >= 0.6 is 35.4 Å². The van der Waals surface area contributed by atoms with Crippen molar-refractivity contribution in [3.8, 4) is 5.75 Å². The van der Waals surface area contributed by atoms with Crippen molar-refractivity contribution >= 4 is 74.9 Å². The van der Waals surface area contributed by atoms with E-state index in [-0.39, 0.29) is 26.4 Å². The number of fused-ring (bicyclic) bond motifs is 1. The third kappa shape index (κ3) is 4.58. The van der Waals surface area contributed by atoms with Gasteiger partial charge in [-0.3, -0.25) is 19.8 Å². The number of thiocarbonyl (C=S) groups is 1. The average molecular weight is 533 g/mol. The number of nitrogens with zero attached hydrogens (tertiary/aromatic N) is 1. The largest absolute Gasteiger partial charge is 0.488 e. The Morgan fingerprint density at radius 1 is 0.889 bits per heavy atom. The molecule has 0 unspecified atom stereocenters. The number of benzene rings is 4. The van der Waals surface area contributed by atoms with E-state index in [0.717, 1.165) is 21.2 Å². The lowest BCUT2D eigenvalue weighted by Crippen LogP contribution is -2.54. The van der Waals surface area contributed by atoms with E-state index in [4.69, 9.17) is 40.2 Å². The molecule has 4 aromatic carbocycles. The SMILES string of the molecule is O=C1NC(=S)N(c2cccc(Cl)c2Cl)C(=O)/C1=C/c1ccccc1OCc1cccc2ccccc12. The molecule has 1 fully saturated rings. The third-order valence-corrected chi connectivity index (χ3v) is 6.85. The molecule has 1 aliphatic rings. The maximum absolute atomic E-state index is 13.4. The van der Waals surface area contributed by atoms with E-state index < -0.39 is 11.8 Å². The summed E-state index contributed by atoms with van der Waals surface area (Å²) >= 11 is 17.7. The number of para-hydroxylation sites is 1. The van der Waals surface area contributed by atoms with Crippen LogP contribution in [0, 0.1) is 0 Å². The molecule has 4 aromatic rings. The van der Waals surface area contributed by atoms with Crippen LogP contribution in [0.3, 0.4) is 0 Å². The molecule has 1 aliphatic heterocycles. The molecule has 2 amide bonds. The van der Waals surface area contributed by atoms with Crippen LogP contribution in [-0.2, 0) is 16.2 Å². The highest BCUT2D eigenvalue weighted by Crippen LogP contribution is 2.35. The molecule has 1 N–H and O–H groups in total. The van der Waals surface area contributed by atoms with Crippen molar-refractivity contribution < 1.29 is 14.3 Å². The van der Waals surface area contributed by atoms with Gasteiger partial charge in [0.05, 0.1) is 15.7 Å². The normalized spacial score (nSPS) is 14.9. The molecule has 0 saturated carbocycles. The smallest absolute Gasteiger partial charge is 0.270 e. The first-order valence-corrected chi connectivity index (χ1v) is 12.1. The number of amides is 2. The number of hydrogen-bond acceptors (Lipinski definition) is 4. The van der Waals surface area contributed by atoms with Crippen LogP contribution in [0.2, 0.25) is 10.0 Å². The van der Waals surface area contributed by atoms with Crippen molar-refractivity contribution in [2.24, 2.45) is 0 Å². The second-order valence-corrected chi connectivity index (χ2v) is 9.17. The molecule has 1 saturated heterocycles. The van der Waals surface area contributed by atoms with Crippen LogP contribution in [0.25, 0.3) is 16.8 Å². The Morgan fingerprint density at radius 2 is 1.61 bits per heavy atom. The summed E-state index contributed by atoms with van der Waals surface area (Å²) in [4.78, 5) is 27.4. The molecule has 5 rings (SSSR count). The highest BCUT2D eigenvalue weighted by molar-refractivity contribution is 7.80. The fourth-order valence-corrected chi connectivity index (χ4v) is 4.66. The van der Waals surface area contributed by atoms with Gasteiger partial charge in [-0.25, -0.2) is 0 Å². The summed E-state index contributed by atoms with van der Waals surface area (Å²) in [5.41, 5.74) is 1.77. The fraction of sp³-hybridized carbons (Fsp3) is 0.0357. The molecule has 178 valence electrons. The lowest BCUT2D eigenvalue weighted by molar-refractivity contribution is -0.122. The molecule has 0 spiro atoms. The molecular formula is C28H18Cl2N2O3S. The minimum absolute atomic E-state index is 0.0770. The molecule has 5 nitrogen and oxygen atoms in total. The molecule has 0 aromatic heterocycles. The van der Waals surface area contributed by atoms with Crippen LogP contribution in [0.1, 0.15) is 11.1 Å². The first-order chi connectivity index (χ1) is 17.4. The molecule has 8 heteroatoms. The molecule has 0 bridgehead atoms. The van der Waals surface area contributed by atoms with Crippen molar-refractivity contribution in [2.75, 3.05) is 4.90 Å². The minimum Gasteiger partial charge on any atom is -0.488 e. The molecule has 36 heavy (non-hydrogen) atoms. The summed E-state index contributed by atoms with van der Waals surface area (Å²) < 4.78 is 6.15. The molecule has 0 radical (unpaired) electrons. The Balaban J connectivity index is 1.47. The highest BCUT2D eigenvalue weighted by atomic mass is 35.5. The summed E-state index contributed by atoms with van der Waals surface area (Å²) in [5.74, 6) is -0.695. The van der Waals surface area contributed by atoms with Gasteiger partial charge in [-0.15, -0.1) is 0 Å². The number of hydrogen-bond donors (Lipinski definition) is 1. The van der Waals surface area contributed by atoms with E-state index in [1.165, 1.54) is 6.08 Å². The number of carbonyl (C=O) groups excluding carboxylic acids is 2. The topological polar surface area (TPSA) is 58.6 Å². The average Bonchev–Trinajstić information content (AvgIpc) is 2.88. The van der Waals surface area contributed by atoms with E-state index in [1.54, 1.807) is 36.4 Å². The molecular weight excluding hydrogens is 515 g/mol. The first-order valence-electron chi connectivity index (χ1n) is 11.0. The van der Waals surface area contributed by atoms with E-state index in [2.05, 4.69) is 5.32 Å². The third-order valence-electron chi connectivity index (χ3n) is 5.76. The van der Waals surface area contributed by atoms with Gasteiger partial charge in [0.1, 0.15) is 17.9 Å². The predicted octanol–water partition coefficient (Wildman–Crippen LogP) is 6.56. The maximum Gasteiger partial charge on any atom is 0.270 e. The summed E-state index contributed by atoms with van der Waals surface area (Å²) in [6.45, 7) is 0.315. The summed E-state index contributed by atoms with van der Waals surface area (Å²) in [6.07, 6.45) is 1.49. The number of nitrogens with one attached hydrogen (secondary N) is 1. The van der Waals surface area contributed by atoms with Crippen LogP contribution in [0.4, 0.5) is 5.69 Å². The Morgan fingerprint density at radius 3 is 2.47 bits per heavy atom. The number of ether oxygens (including phenoxy) is 1. The number of halogens is 2. The highest BCUT2D eigenvalue weighted by Gasteiger charge is 2.35. The van der Waals surface area contributed by atoms with Crippen LogP contribution in [0.5, 0.6) is 5.75 Å². The number of rotatable bonds is 5. The van der Waals surface area contributed by atoms with Gasteiger partial charge in [0, 0.05) is 5.56 Å². The lowest BCUT2D eigenvalue weighted by atomic mass is 10.0. The van der Waals surface area contributed by atoms with Gasteiger partial charge >= 0.3 is 0 Å². The van der Waals surface area contributed by atoms with Gasteiger partial charge in [-0.1, -0.05) is 89.9 Å². The van der Waals surface area contributed by atoms with Gasteiger partial charge in [0.25, 0.3) is 11.8 Å². The van der Waals surface area contributed by atoms with Crippen molar-refractivity contribution in [3.05, 3.63) is 112 Å². The number of anilines is 1. The number of carbonyl (C=O) groups is 2. The Hall–Kier alpha value is -3.71. The molecule has 1 heterocycles. The van der Waals surface area contributed by atoms with Crippen LogP contribution < -0.4 is 15.0 Å². The van der Waals surface area contributed by atoms with Gasteiger partial charge in [-0.05, 0) is 52.8 Å². The van der Waals surface area contributed by atoms with Crippen molar-refractivity contribution in [1.29, 1.82) is 0 Å². The van der Waals surface area contributed by atoms with Crippen LogP contribution in [0.15, 0.2) is 90.5 Å². The summed E-state index contributed by atoms with van der Waals surface area (Å²) in [5, 5.41) is 5.12. The zero-order chi connectivity index (χ0) is 25.2. The second-order valence-electron chi connectivity index (χ2n) is 8.00. The lowest BCUT2D eigenvalue weighted by Gasteiger charge is -2.29. The molecule has 0 atom stereocenters. The van der Waals surface area contributed by atoms with E-state index in [9.17, 15) is 9.59 Å². The standard InChI is InChI=1S/C28H18Cl2N2O3S/c29-22-12-6-13-23(25(22)30)32-27(34)21(26(33)31-28(32)36)15-18-8-2-4-14-24(18)35-16-19-10-5-9-17-7-1-3-11-20(17)19/h1-15H,16H2,(H,31,33,36)/b21-15+. The summed E-state index contributed by atoms with van der Waals surface area (Å²) in [7, 11) is 0. The quantitative estimate of drug-likeness (QED) is 0.179. The minimum atomic E-state index is -0.614. The predicted molar refractivity (Wildman–Crippen MR) is 147 cm³/mol. The summed E-state index contributed by atoms with van der Waals surface area (Å²) in [6, 6.07) is 26.2. The first kappa shape index (κ1) is 24.0. The van der Waals surface area contributed by atoms with E-state index >= 15 is 0 Å². The fourth-order valence-electron chi connectivity index (χ4n) is 4.00.